The van der Waals surface area contributed by atoms with E-state index in [9.17, 15) is 9.59 Å². The van der Waals surface area contributed by atoms with Crippen molar-refractivity contribution in [3.05, 3.63) is 41.5 Å². The van der Waals surface area contributed by atoms with Crippen molar-refractivity contribution in [2.45, 2.75) is 26.7 Å². The summed E-state index contributed by atoms with van der Waals surface area (Å²) in [6, 6.07) is 4.46. The molecular weight excluding hydrogens is 232 g/mol. The van der Waals surface area contributed by atoms with Crippen molar-refractivity contribution in [3.63, 3.8) is 0 Å². The monoisotopic (exact) mass is 248 g/mol. The molecule has 1 aromatic carbocycles. The molecule has 0 aliphatic heterocycles. The minimum Gasteiger partial charge on any atom is -0.478 e. The van der Waals surface area contributed by atoms with Crippen LogP contribution in [0.1, 0.15) is 36.2 Å². The molecule has 4 heteroatoms. The van der Waals surface area contributed by atoms with Gasteiger partial charge in [0.25, 0.3) is 0 Å². The van der Waals surface area contributed by atoms with Crippen molar-refractivity contribution in [1.82, 2.24) is 0 Å². The first kappa shape index (κ1) is 14.0. The molecular formula is C14H16O4. The molecule has 96 valence electrons. The third-order valence-electron chi connectivity index (χ3n) is 2.38. The van der Waals surface area contributed by atoms with Crippen molar-refractivity contribution >= 4 is 11.9 Å². The maximum Gasteiger partial charge on any atom is 0.338 e. The zero-order valence-electron chi connectivity index (χ0n) is 10.5. The van der Waals surface area contributed by atoms with E-state index in [1.54, 1.807) is 6.92 Å². The lowest BCUT2D eigenvalue weighted by atomic mass is 10.1. The highest BCUT2D eigenvalue weighted by Crippen LogP contribution is 2.22. The van der Waals surface area contributed by atoms with Gasteiger partial charge < -0.3 is 9.84 Å². The Balaban J connectivity index is 3.07. The van der Waals surface area contributed by atoms with Gasteiger partial charge in [0.1, 0.15) is 5.75 Å². The lowest BCUT2D eigenvalue weighted by molar-refractivity contribution is -0.130. The van der Waals surface area contributed by atoms with E-state index in [1.165, 1.54) is 18.2 Å². The average molecular weight is 248 g/mol. The number of aromatic carboxylic acids is 1. The topological polar surface area (TPSA) is 63.6 Å². The van der Waals surface area contributed by atoms with Crippen molar-refractivity contribution in [2.24, 2.45) is 0 Å². The number of carbonyl (C=O) groups excluding carboxylic acids is 1. The third-order valence-corrected chi connectivity index (χ3v) is 2.38. The number of aryl methyl sites for hydroxylation is 1. The van der Waals surface area contributed by atoms with Crippen molar-refractivity contribution in [2.75, 3.05) is 0 Å². The molecule has 4 nitrogen and oxygen atoms in total. The van der Waals surface area contributed by atoms with E-state index in [4.69, 9.17) is 9.84 Å². The fourth-order valence-corrected chi connectivity index (χ4v) is 1.46. The minimum absolute atomic E-state index is 0.188. The first-order valence-corrected chi connectivity index (χ1v) is 5.69. The number of rotatable bonds is 5. The highest BCUT2D eigenvalue weighted by atomic mass is 16.5. The van der Waals surface area contributed by atoms with E-state index in [1.807, 2.05) is 6.92 Å². The van der Waals surface area contributed by atoms with Gasteiger partial charge in [-0.1, -0.05) is 19.9 Å². The molecule has 1 rings (SSSR count). The van der Waals surface area contributed by atoms with Gasteiger partial charge in [0.2, 0.25) is 0 Å². The highest BCUT2D eigenvalue weighted by Gasteiger charge is 2.12. The smallest absolute Gasteiger partial charge is 0.338 e. The number of ether oxygens (including phenoxy) is 1. The highest BCUT2D eigenvalue weighted by molar-refractivity contribution is 5.90. The van der Waals surface area contributed by atoms with Gasteiger partial charge in [0.15, 0.2) is 0 Å². The van der Waals surface area contributed by atoms with Crippen LogP contribution in [0.25, 0.3) is 0 Å². The van der Waals surface area contributed by atoms with Crippen LogP contribution in [0.15, 0.2) is 30.4 Å². The minimum atomic E-state index is -0.995. The maximum absolute atomic E-state index is 11.4. The van der Waals surface area contributed by atoms with Crippen LogP contribution in [0.4, 0.5) is 0 Å². The van der Waals surface area contributed by atoms with Crippen LogP contribution in [0, 0.1) is 0 Å². The number of carboxylic acid groups (broad SMARTS) is 1. The molecule has 1 N–H and O–H groups in total. The second kappa shape index (κ2) is 6.00. The number of carbonyl (C=O) groups is 2. The Labute approximate surface area is 106 Å². The van der Waals surface area contributed by atoms with Gasteiger partial charge in [-0.2, -0.15) is 0 Å². The maximum atomic E-state index is 11.4. The molecule has 0 saturated heterocycles. The van der Waals surface area contributed by atoms with E-state index in [0.717, 1.165) is 6.42 Å². The SMILES string of the molecule is C=C(C)C(=O)Oc1ccc(C(=O)O)cc1CCC. The van der Waals surface area contributed by atoms with Gasteiger partial charge in [0, 0.05) is 5.57 Å². The van der Waals surface area contributed by atoms with Crippen LogP contribution in [0.3, 0.4) is 0 Å². The van der Waals surface area contributed by atoms with Crippen molar-refractivity contribution < 1.29 is 19.4 Å². The Morgan fingerprint density at radius 3 is 2.56 bits per heavy atom. The summed E-state index contributed by atoms with van der Waals surface area (Å²) in [5, 5.41) is 8.92. The largest absolute Gasteiger partial charge is 0.478 e. The molecule has 0 radical (unpaired) electrons. The Bertz CT molecular complexity index is 489. The van der Waals surface area contributed by atoms with Crippen LogP contribution in [-0.2, 0) is 11.2 Å². The molecule has 0 atom stereocenters. The first-order chi connectivity index (χ1) is 8.45. The summed E-state index contributed by atoms with van der Waals surface area (Å²) >= 11 is 0. The van der Waals surface area contributed by atoms with E-state index < -0.39 is 11.9 Å². The number of carboxylic acids is 1. The second-order valence-corrected chi connectivity index (χ2v) is 4.05. The number of esters is 1. The fourth-order valence-electron chi connectivity index (χ4n) is 1.46. The van der Waals surface area contributed by atoms with Gasteiger partial charge in [-0.3, -0.25) is 0 Å². The number of hydrogen-bond donors (Lipinski definition) is 1. The predicted molar refractivity (Wildman–Crippen MR) is 67.8 cm³/mol. The van der Waals surface area contributed by atoms with Crippen LogP contribution < -0.4 is 4.74 Å². The molecule has 0 saturated carbocycles. The molecule has 0 aliphatic carbocycles. The van der Waals surface area contributed by atoms with E-state index in [-0.39, 0.29) is 5.56 Å². The predicted octanol–water partition coefficient (Wildman–Crippen LogP) is 2.82. The molecule has 18 heavy (non-hydrogen) atoms. The summed E-state index contributed by atoms with van der Waals surface area (Å²) in [5.41, 5.74) is 1.21. The van der Waals surface area contributed by atoms with Crippen LogP contribution >= 0.6 is 0 Å². The summed E-state index contributed by atoms with van der Waals surface area (Å²) in [6.07, 6.45) is 1.49. The first-order valence-electron chi connectivity index (χ1n) is 5.69. The molecule has 1 aromatic rings. The molecule has 0 fully saturated rings. The second-order valence-electron chi connectivity index (χ2n) is 4.05. The molecule has 0 aliphatic rings. The zero-order valence-corrected chi connectivity index (χ0v) is 10.5. The fraction of sp³-hybridized carbons (Fsp3) is 0.286. The lowest BCUT2D eigenvalue weighted by Gasteiger charge is -2.10. The van der Waals surface area contributed by atoms with Crippen molar-refractivity contribution in [1.29, 1.82) is 0 Å². The van der Waals surface area contributed by atoms with Gasteiger partial charge in [-0.25, -0.2) is 9.59 Å². The lowest BCUT2D eigenvalue weighted by Crippen LogP contribution is -2.10. The van der Waals surface area contributed by atoms with Gasteiger partial charge in [0.05, 0.1) is 5.56 Å². The van der Waals surface area contributed by atoms with Crippen LogP contribution in [0.2, 0.25) is 0 Å². The van der Waals surface area contributed by atoms with Gasteiger partial charge >= 0.3 is 11.9 Å². The van der Waals surface area contributed by atoms with E-state index >= 15 is 0 Å². The van der Waals surface area contributed by atoms with E-state index in [0.29, 0.717) is 23.3 Å². The molecule has 0 unspecified atom stereocenters. The summed E-state index contributed by atoms with van der Waals surface area (Å²) in [5.74, 6) is -1.10. The summed E-state index contributed by atoms with van der Waals surface area (Å²) in [4.78, 5) is 22.3. The summed E-state index contributed by atoms with van der Waals surface area (Å²) in [7, 11) is 0. The molecule has 0 spiro atoms. The average Bonchev–Trinajstić information content (AvgIpc) is 2.31. The Hall–Kier alpha value is -2.10. The Morgan fingerprint density at radius 1 is 1.39 bits per heavy atom. The van der Waals surface area contributed by atoms with Crippen LogP contribution in [0.5, 0.6) is 5.75 Å². The van der Waals surface area contributed by atoms with E-state index in [2.05, 4.69) is 6.58 Å². The standard InChI is InChI=1S/C14H16O4/c1-4-5-10-8-11(13(15)16)6-7-12(10)18-14(17)9(2)3/h6-8H,2,4-5H2,1,3H3,(H,15,16). The zero-order chi connectivity index (χ0) is 13.7. The molecule has 0 heterocycles. The quantitative estimate of drug-likeness (QED) is 0.494. The van der Waals surface area contributed by atoms with Gasteiger partial charge in [-0.15, -0.1) is 0 Å². The molecule has 0 bridgehead atoms. The normalized spacial score (nSPS) is 9.89. The molecule has 0 amide bonds. The number of benzene rings is 1. The van der Waals surface area contributed by atoms with Gasteiger partial charge in [-0.05, 0) is 37.1 Å². The summed E-state index contributed by atoms with van der Waals surface area (Å²) in [6.45, 7) is 7.04. The number of hydrogen-bond acceptors (Lipinski definition) is 3. The molecule has 0 aromatic heterocycles. The Morgan fingerprint density at radius 2 is 2.06 bits per heavy atom. The Kier molecular flexibility index (Phi) is 4.66. The third kappa shape index (κ3) is 3.45. The van der Waals surface area contributed by atoms with Crippen LogP contribution in [-0.4, -0.2) is 17.0 Å². The van der Waals surface area contributed by atoms with Crippen molar-refractivity contribution in [3.8, 4) is 5.75 Å². The summed E-state index contributed by atoms with van der Waals surface area (Å²) < 4.78 is 5.16.